The Kier molecular flexibility index (Phi) is 11.4. The smallest absolute Gasteiger partial charge is 0.00746 e. The predicted molar refractivity (Wildman–Crippen MR) is 151 cm³/mol. The molecule has 0 nitrogen and oxygen atoms in total. The summed E-state index contributed by atoms with van der Waals surface area (Å²) in [5.41, 5.74) is 7.82. The lowest BCUT2D eigenvalue weighted by molar-refractivity contribution is 0.233. The molecule has 1 aromatic rings. The van der Waals surface area contributed by atoms with Gasteiger partial charge in [0.1, 0.15) is 0 Å². The average molecular weight is 457 g/mol. The van der Waals surface area contributed by atoms with Crippen molar-refractivity contribution in [2.45, 2.75) is 126 Å². The topological polar surface area (TPSA) is 0 Å². The lowest BCUT2D eigenvalue weighted by Gasteiger charge is -2.47. The van der Waals surface area contributed by atoms with Crippen molar-refractivity contribution in [3.05, 3.63) is 51.3 Å². The highest BCUT2D eigenvalue weighted by atomic mass is 32.2. The molecule has 2 aliphatic rings. The Morgan fingerprint density at radius 1 is 0.969 bits per heavy atom. The monoisotopic (exact) mass is 456 g/mol. The lowest BCUT2D eigenvalue weighted by Crippen LogP contribution is -2.40. The molecule has 1 heteroatoms. The van der Waals surface area contributed by atoms with E-state index in [1.54, 1.807) is 11.1 Å². The Hall–Kier alpha value is -0.950. The van der Waals surface area contributed by atoms with Gasteiger partial charge in [-0.3, -0.25) is 0 Å². The number of thioether (sulfide) groups is 1. The van der Waals surface area contributed by atoms with Crippen molar-refractivity contribution in [1.29, 1.82) is 0 Å². The molecule has 0 radical (unpaired) electrons. The van der Waals surface area contributed by atoms with E-state index in [2.05, 4.69) is 72.6 Å². The molecule has 32 heavy (non-hydrogen) atoms. The van der Waals surface area contributed by atoms with Crippen LogP contribution in [0.3, 0.4) is 0 Å². The number of benzene rings is 1. The molecule has 0 saturated heterocycles. The minimum Gasteiger partial charge on any atom is -0.103 e. The quantitative estimate of drug-likeness (QED) is 0.434. The highest BCUT2D eigenvalue weighted by Gasteiger charge is 2.42. The van der Waals surface area contributed by atoms with Gasteiger partial charge in [0.2, 0.25) is 0 Å². The number of allylic oxidation sites excluding steroid dienone is 2. The van der Waals surface area contributed by atoms with E-state index in [4.69, 9.17) is 0 Å². The Morgan fingerprint density at radius 2 is 1.53 bits per heavy atom. The second-order valence-electron chi connectivity index (χ2n) is 10.6. The van der Waals surface area contributed by atoms with Crippen molar-refractivity contribution >= 4 is 17.3 Å². The van der Waals surface area contributed by atoms with Crippen LogP contribution >= 0.6 is 11.8 Å². The summed E-state index contributed by atoms with van der Waals surface area (Å²) >= 11 is 1.88. The fourth-order valence-corrected chi connectivity index (χ4v) is 6.25. The first kappa shape index (κ1) is 29.1. The fraction of sp³-hybridized carbons (Fsp3) is 0.677. The summed E-state index contributed by atoms with van der Waals surface area (Å²) in [7, 11) is 0. The zero-order valence-electron chi connectivity index (χ0n) is 23.2. The van der Waals surface area contributed by atoms with Gasteiger partial charge in [0.25, 0.3) is 0 Å². The molecule has 0 spiro atoms. The first-order valence-electron chi connectivity index (χ1n) is 13.2. The van der Waals surface area contributed by atoms with Crippen molar-refractivity contribution in [2.24, 2.45) is 11.8 Å². The highest BCUT2D eigenvalue weighted by molar-refractivity contribution is 8.06. The summed E-state index contributed by atoms with van der Waals surface area (Å²) in [5, 5.41) is 2.36. The van der Waals surface area contributed by atoms with E-state index in [-0.39, 0.29) is 10.8 Å². The Bertz CT molecular complexity index is 772. The number of hydrogen-bond donors (Lipinski definition) is 0. The van der Waals surface area contributed by atoms with Crippen LogP contribution < -0.4 is 0 Å². The second kappa shape index (κ2) is 12.5. The van der Waals surface area contributed by atoms with Gasteiger partial charge in [-0.15, -0.1) is 11.8 Å². The van der Waals surface area contributed by atoms with Gasteiger partial charge in [-0.05, 0) is 93.9 Å². The molecule has 0 heterocycles. The van der Waals surface area contributed by atoms with E-state index >= 15 is 0 Å². The molecule has 1 saturated carbocycles. The maximum absolute atomic E-state index is 4.41. The first-order valence-corrected chi connectivity index (χ1v) is 14.1. The average Bonchev–Trinajstić information content (AvgIpc) is 2.79. The summed E-state index contributed by atoms with van der Waals surface area (Å²) in [5.74, 6) is 1.42. The van der Waals surface area contributed by atoms with E-state index in [1.807, 2.05) is 39.5 Å². The van der Waals surface area contributed by atoms with Crippen LogP contribution in [0, 0.1) is 18.8 Å². The molecule has 0 N–H and O–H groups in total. The molecule has 0 bridgehead atoms. The number of fused-ring (bicyclic) bond motifs is 1. The standard InChI is InChI=1S/C27H40S.2C2H6/c1-18-14-25-24(26(5,6)16-20(3)27(25,7)8)15-23(18)19(2)17-28-21(4)22-12-10-9-11-13-22;2*1-2/h14-15,17,20,22H,4,9-13,16H2,1-3,5-8H3;2*1-2H3/b19-17+;;. The zero-order valence-corrected chi connectivity index (χ0v) is 24.1. The summed E-state index contributed by atoms with van der Waals surface area (Å²) < 4.78 is 0. The summed E-state index contributed by atoms with van der Waals surface area (Å²) in [4.78, 5) is 1.37. The van der Waals surface area contributed by atoms with Gasteiger partial charge < -0.3 is 0 Å². The van der Waals surface area contributed by atoms with Gasteiger partial charge in [-0.1, -0.05) is 100 Å². The summed E-state index contributed by atoms with van der Waals surface area (Å²) in [6.45, 7) is 29.1. The van der Waals surface area contributed by atoms with Crippen molar-refractivity contribution in [2.75, 3.05) is 0 Å². The van der Waals surface area contributed by atoms with Crippen molar-refractivity contribution in [3.63, 3.8) is 0 Å². The number of aryl methyl sites for hydroxylation is 1. The van der Waals surface area contributed by atoms with E-state index in [1.165, 1.54) is 60.1 Å². The van der Waals surface area contributed by atoms with Crippen LogP contribution in [-0.2, 0) is 10.8 Å². The lowest BCUT2D eigenvalue weighted by atomic mass is 9.58. The summed E-state index contributed by atoms with van der Waals surface area (Å²) in [6, 6.07) is 4.99. The van der Waals surface area contributed by atoms with Gasteiger partial charge in [-0.25, -0.2) is 0 Å². The van der Waals surface area contributed by atoms with Crippen molar-refractivity contribution in [3.8, 4) is 0 Å². The normalized spacial score (nSPS) is 22.0. The van der Waals surface area contributed by atoms with Gasteiger partial charge in [0.15, 0.2) is 0 Å². The molecule has 3 rings (SSSR count). The minimum atomic E-state index is 0.242. The third kappa shape index (κ3) is 6.55. The van der Waals surface area contributed by atoms with E-state index in [9.17, 15) is 0 Å². The van der Waals surface area contributed by atoms with Crippen LogP contribution in [0.25, 0.3) is 5.57 Å². The molecule has 1 aromatic carbocycles. The van der Waals surface area contributed by atoms with Crippen LogP contribution in [0.1, 0.15) is 130 Å². The maximum Gasteiger partial charge on any atom is -0.00746 e. The Labute approximate surface area is 205 Å². The van der Waals surface area contributed by atoms with Crippen molar-refractivity contribution < 1.29 is 0 Å². The second-order valence-corrected chi connectivity index (χ2v) is 11.6. The highest BCUT2D eigenvalue weighted by Crippen LogP contribution is 2.50. The van der Waals surface area contributed by atoms with Gasteiger partial charge >= 0.3 is 0 Å². The van der Waals surface area contributed by atoms with E-state index in [0.29, 0.717) is 11.8 Å². The van der Waals surface area contributed by atoms with Crippen molar-refractivity contribution in [1.82, 2.24) is 0 Å². The first-order chi connectivity index (χ1) is 15.0. The molecule has 1 unspecified atom stereocenters. The van der Waals surface area contributed by atoms with Crippen LogP contribution in [0.5, 0.6) is 0 Å². The van der Waals surface area contributed by atoms with Crippen LogP contribution in [0.15, 0.2) is 29.0 Å². The van der Waals surface area contributed by atoms with Gasteiger partial charge in [0, 0.05) is 0 Å². The summed E-state index contributed by atoms with van der Waals surface area (Å²) in [6.07, 6.45) is 8.07. The Morgan fingerprint density at radius 3 is 2.09 bits per heavy atom. The minimum absolute atomic E-state index is 0.242. The molecular formula is C31H52S. The van der Waals surface area contributed by atoms with Gasteiger partial charge in [0.05, 0.1) is 0 Å². The van der Waals surface area contributed by atoms with E-state index < -0.39 is 0 Å². The van der Waals surface area contributed by atoms with Crippen LogP contribution in [0.2, 0.25) is 0 Å². The fourth-order valence-electron chi connectivity index (χ4n) is 5.37. The predicted octanol–water partition coefficient (Wildman–Crippen LogP) is 10.8. The molecule has 0 aliphatic heterocycles. The SMILES string of the molecule is C=C(S/C=C(\C)c1cc2c(cc1C)C(C)(C)C(C)CC2(C)C)C1CCCCC1.CC.CC. The molecule has 1 fully saturated rings. The molecular weight excluding hydrogens is 404 g/mol. The zero-order chi connectivity index (χ0) is 24.7. The molecule has 2 aliphatic carbocycles. The largest absolute Gasteiger partial charge is 0.103 e. The van der Waals surface area contributed by atoms with Gasteiger partial charge in [-0.2, -0.15) is 0 Å². The molecule has 1 atom stereocenters. The number of hydrogen-bond acceptors (Lipinski definition) is 1. The number of rotatable bonds is 4. The third-order valence-corrected chi connectivity index (χ3v) is 8.82. The molecule has 182 valence electrons. The third-order valence-electron chi connectivity index (χ3n) is 7.71. The van der Waals surface area contributed by atoms with Crippen LogP contribution in [0.4, 0.5) is 0 Å². The molecule has 0 amide bonds. The maximum atomic E-state index is 4.41. The van der Waals surface area contributed by atoms with E-state index in [0.717, 1.165) is 0 Å². The van der Waals surface area contributed by atoms with Crippen LogP contribution in [-0.4, -0.2) is 0 Å². The molecule has 0 aromatic heterocycles. The Balaban J connectivity index is 0.00000121.